The molecule has 0 unspecified atom stereocenters. The van der Waals surface area contributed by atoms with E-state index >= 15 is 0 Å². The SMILES string of the molecule is Oc1cncc(-c2cnc3ccc(F)cn23)c1. The van der Waals surface area contributed by atoms with Gasteiger partial charge in [-0.2, -0.15) is 0 Å². The standard InChI is InChI=1S/C12H8FN3O/c13-9-1-2-12-15-6-11(16(12)7-9)8-3-10(17)5-14-4-8/h1-7,17H. The zero-order valence-electron chi connectivity index (χ0n) is 8.71. The van der Waals surface area contributed by atoms with Gasteiger partial charge in [0.25, 0.3) is 0 Å². The molecule has 0 amide bonds. The van der Waals surface area contributed by atoms with Gasteiger partial charge in [-0.25, -0.2) is 9.37 Å². The van der Waals surface area contributed by atoms with E-state index in [-0.39, 0.29) is 11.6 Å². The smallest absolute Gasteiger partial charge is 0.139 e. The number of aromatic hydroxyl groups is 1. The van der Waals surface area contributed by atoms with Crippen LogP contribution in [0.2, 0.25) is 0 Å². The molecule has 4 nitrogen and oxygen atoms in total. The summed E-state index contributed by atoms with van der Waals surface area (Å²) in [6, 6.07) is 4.50. The summed E-state index contributed by atoms with van der Waals surface area (Å²) in [6.07, 6.45) is 5.90. The third-order valence-corrected chi connectivity index (χ3v) is 2.49. The molecule has 84 valence electrons. The zero-order valence-corrected chi connectivity index (χ0v) is 8.71. The topological polar surface area (TPSA) is 50.4 Å². The number of hydrogen-bond acceptors (Lipinski definition) is 3. The molecule has 3 rings (SSSR count). The van der Waals surface area contributed by atoms with Crippen molar-refractivity contribution in [1.29, 1.82) is 0 Å². The molecule has 0 spiro atoms. The Hall–Kier alpha value is -2.43. The number of pyridine rings is 2. The summed E-state index contributed by atoms with van der Waals surface area (Å²) in [4.78, 5) is 8.04. The summed E-state index contributed by atoms with van der Waals surface area (Å²) in [5.74, 6) is -0.279. The third-order valence-electron chi connectivity index (χ3n) is 2.49. The molecule has 3 aromatic rings. The van der Waals surface area contributed by atoms with Crippen molar-refractivity contribution in [1.82, 2.24) is 14.4 Å². The van der Waals surface area contributed by atoms with Crippen LogP contribution in [0.15, 0.2) is 43.0 Å². The molecular weight excluding hydrogens is 221 g/mol. The Labute approximate surface area is 96.0 Å². The lowest BCUT2D eigenvalue weighted by Crippen LogP contribution is -1.90. The van der Waals surface area contributed by atoms with Gasteiger partial charge >= 0.3 is 0 Å². The first kappa shape index (κ1) is 9.77. The number of rotatable bonds is 1. The van der Waals surface area contributed by atoms with E-state index in [2.05, 4.69) is 9.97 Å². The van der Waals surface area contributed by atoms with Crippen LogP contribution in [0, 0.1) is 5.82 Å². The van der Waals surface area contributed by atoms with Crippen LogP contribution in [0.25, 0.3) is 16.9 Å². The van der Waals surface area contributed by atoms with Gasteiger partial charge in [-0.05, 0) is 18.2 Å². The molecule has 0 fully saturated rings. The van der Waals surface area contributed by atoms with E-state index < -0.39 is 0 Å². The molecule has 0 radical (unpaired) electrons. The maximum absolute atomic E-state index is 13.2. The molecule has 0 bridgehead atoms. The van der Waals surface area contributed by atoms with Gasteiger partial charge in [-0.1, -0.05) is 0 Å². The van der Waals surface area contributed by atoms with E-state index in [9.17, 15) is 9.50 Å². The first-order chi connectivity index (χ1) is 8.24. The lowest BCUT2D eigenvalue weighted by Gasteiger charge is -2.01. The lowest BCUT2D eigenvalue weighted by molar-refractivity contribution is 0.473. The minimum atomic E-state index is -0.343. The fraction of sp³-hybridized carbons (Fsp3) is 0. The van der Waals surface area contributed by atoms with E-state index in [4.69, 9.17) is 0 Å². The summed E-state index contributed by atoms with van der Waals surface area (Å²) < 4.78 is 14.8. The van der Waals surface area contributed by atoms with Crippen LogP contribution >= 0.6 is 0 Å². The number of aromatic nitrogens is 3. The Morgan fingerprint density at radius 3 is 2.88 bits per heavy atom. The maximum atomic E-state index is 13.2. The van der Waals surface area contributed by atoms with E-state index in [1.807, 2.05) is 0 Å². The quantitative estimate of drug-likeness (QED) is 0.696. The molecule has 0 saturated heterocycles. The predicted octanol–water partition coefficient (Wildman–Crippen LogP) is 2.24. The zero-order chi connectivity index (χ0) is 11.8. The van der Waals surface area contributed by atoms with Gasteiger partial charge in [-0.3, -0.25) is 9.38 Å². The lowest BCUT2D eigenvalue weighted by atomic mass is 10.2. The molecule has 5 heteroatoms. The van der Waals surface area contributed by atoms with Crippen molar-refractivity contribution in [2.45, 2.75) is 0 Å². The van der Waals surface area contributed by atoms with Gasteiger partial charge in [0.05, 0.1) is 18.1 Å². The summed E-state index contributed by atoms with van der Waals surface area (Å²) in [6.45, 7) is 0. The van der Waals surface area contributed by atoms with Crippen LogP contribution in [0.3, 0.4) is 0 Å². The number of fused-ring (bicyclic) bond motifs is 1. The Kier molecular flexibility index (Phi) is 2.04. The van der Waals surface area contributed by atoms with Gasteiger partial charge in [-0.15, -0.1) is 0 Å². The molecular formula is C12H8FN3O. The van der Waals surface area contributed by atoms with E-state index in [1.165, 1.54) is 18.5 Å². The second-order valence-electron chi connectivity index (χ2n) is 3.65. The summed E-state index contributed by atoms with van der Waals surface area (Å²) >= 11 is 0. The number of halogens is 1. The van der Waals surface area contributed by atoms with Crippen molar-refractivity contribution in [2.75, 3.05) is 0 Å². The van der Waals surface area contributed by atoms with Crippen molar-refractivity contribution in [3.63, 3.8) is 0 Å². The summed E-state index contributed by atoms with van der Waals surface area (Å²) in [5.41, 5.74) is 2.01. The van der Waals surface area contributed by atoms with Crippen molar-refractivity contribution in [2.24, 2.45) is 0 Å². The highest BCUT2D eigenvalue weighted by Crippen LogP contribution is 2.23. The van der Waals surface area contributed by atoms with Crippen molar-refractivity contribution in [3.05, 3.63) is 48.8 Å². The molecule has 0 aliphatic carbocycles. The monoisotopic (exact) mass is 229 g/mol. The van der Waals surface area contributed by atoms with Crippen LogP contribution in [-0.2, 0) is 0 Å². The molecule has 0 aliphatic rings. The van der Waals surface area contributed by atoms with E-state index in [1.54, 1.807) is 28.9 Å². The fourth-order valence-electron chi connectivity index (χ4n) is 1.74. The van der Waals surface area contributed by atoms with Crippen LogP contribution in [0.5, 0.6) is 5.75 Å². The Balaban J connectivity index is 2.27. The first-order valence-corrected chi connectivity index (χ1v) is 5.01. The summed E-state index contributed by atoms with van der Waals surface area (Å²) in [7, 11) is 0. The van der Waals surface area contributed by atoms with Crippen LogP contribution in [-0.4, -0.2) is 19.5 Å². The molecule has 3 heterocycles. The Morgan fingerprint density at radius 2 is 2.06 bits per heavy atom. The molecule has 0 saturated carbocycles. The number of imidazole rings is 1. The molecule has 0 aliphatic heterocycles. The minimum absolute atomic E-state index is 0.0638. The second kappa shape index (κ2) is 3.55. The van der Waals surface area contributed by atoms with E-state index in [0.29, 0.717) is 16.9 Å². The predicted molar refractivity (Wildman–Crippen MR) is 60.0 cm³/mol. The minimum Gasteiger partial charge on any atom is -0.506 e. The second-order valence-corrected chi connectivity index (χ2v) is 3.65. The number of nitrogens with zero attached hydrogens (tertiary/aromatic N) is 3. The maximum Gasteiger partial charge on any atom is 0.139 e. The molecule has 3 aromatic heterocycles. The summed E-state index contributed by atoms with van der Waals surface area (Å²) in [5, 5.41) is 9.37. The van der Waals surface area contributed by atoms with Crippen molar-refractivity contribution < 1.29 is 9.50 Å². The number of hydrogen-bond donors (Lipinski definition) is 1. The van der Waals surface area contributed by atoms with Gasteiger partial charge in [0, 0.05) is 18.0 Å². The van der Waals surface area contributed by atoms with Gasteiger partial charge in [0.1, 0.15) is 17.2 Å². The third kappa shape index (κ3) is 1.61. The Morgan fingerprint density at radius 1 is 1.18 bits per heavy atom. The highest BCUT2D eigenvalue weighted by Gasteiger charge is 2.07. The van der Waals surface area contributed by atoms with Gasteiger partial charge in [0.2, 0.25) is 0 Å². The van der Waals surface area contributed by atoms with Gasteiger partial charge < -0.3 is 5.11 Å². The molecule has 1 N–H and O–H groups in total. The van der Waals surface area contributed by atoms with Crippen molar-refractivity contribution >= 4 is 5.65 Å². The highest BCUT2D eigenvalue weighted by molar-refractivity contribution is 5.63. The Bertz CT molecular complexity index is 693. The average molecular weight is 229 g/mol. The normalized spacial score (nSPS) is 10.9. The molecule has 0 atom stereocenters. The van der Waals surface area contributed by atoms with Crippen LogP contribution < -0.4 is 0 Å². The van der Waals surface area contributed by atoms with Crippen molar-refractivity contribution in [3.8, 4) is 17.0 Å². The molecule has 0 aromatic carbocycles. The molecule has 17 heavy (non-hydrogen) atoms. The largest absolute Gasteiger partial charge is 0.506 e. The average Bonchev–Trinajstić information content (AvgIpc) is 2.71. The highest BCUT2D eigenvalue weighted by atomic mass is 19.1. The van der Waals surface area contributed by atoms with E-state index in [0.717, 1.165) is 0 Å². The van der Waals surface area contributed by atoms with Gasteiger partial charge in [0.15, 0.2) is 0 Å². The first-order valence-electron chi connectivity index (χ1n) is 5.01. The van der Waals surface area contributed by atoms with Crippen LogP contribution in [0.1, 0.15) is 0 Å². The van der Waals surface area contributed by atoms with Crippen LogP contribution in [0.4, 0.5) is 4.39 Å². The fourth-order valence-corrected chi connectivity index (χ4v) is 1.74.